The quantitative estimate of drug-likeness (QED) is 0.689. The lowest BCUT2D eigenvalue weighted by Gasteiger charge is -2.08. The molecule has 0 saturated heterocycles. The van der Waals surface area contributed by atoms with Crippen LogP contribution in [-0.4, -0.2) is 9.52 Å². The second-order valence-electron chi connectivity index (χ2n) is 5.20. The van der Waals surface area contributed by atoms with Crippen LogP contribution in [0, 0.1) is 0 Å². The highest BCUT2D eigenvalue weighted by Crippen LogP contribution is 2.32. The molecular weight excluding hydrogens is 232 g/mol. The van der Waals surface area contributed by atoms with Gasteiger partial charge in [0.15, 0.2) is 0 Å². The minimum absolute atomic E-state index is 0.0147. The third-order valence-corrected chi connectivity index (χ3v) is 5.67. The van der Waals surface area contributed by atoms with Crippen molar-refractivity contribution in [3.63, 3.8) is 0 Å². The molecule has 0 atom stereocenters. The summed E-state index contributed by atoms with van der Waals surface area (Å²) in [5.74, 6) is 0. The molecule has 0 saturated carbocycles. The molecule has 0 radical (unpaired) electrons. The second-order valence-corrected chi connectivity index (χ2v) is 6.77. The monoisotopic (exact) mass is 256 g/mol. The van der Waals surface area contributed by atoms with E-state index in [-0.39, 0.29) is 9.52 Å². The molecule has 0 heterocycles. The topological polar surface area (TPSA) is 0 Å². The standard InChI is InChI=1S/C17H24Si/c1-4-5-6-14-7-9-15(10-8-14)16-11-12-17(18-3)13(16)2/h7-11H,4-6,12,18H2,1-3H3. The van der Waals surface area contributed by atoms with E-state index >= 15 is 0 Å². The molecule has 1 aromatic rings. The third-order valence-electron chi connectivity index (χ3n) is 4.00. The molecule has 2 rings (SSSR count). The highest BCUT2D eigenvalue weighted by atomic mass is 28.2. The summed E-state index contributed by atoms with van der Waals surface area (Å²) in [7, 11) is 0.0147. The Bertz CT molecular complexity index is 463. The Balaban J connectivity index is 2.14. The molecule has 0 aromatic heterocycles. The van der Waals surface area contributed by atoms with Gasteiger partial charge in [-0.05, 0) is 48.5 Å². The summed E-state index contributed by atoms with van der Waals surface area (Å²) < 4.78 is 0. The van der Waals surface area contributed by atoms with Crippen molar-refractivity contribution in [2.75, 3.05) is 0 Å². The van der Waals surface area contributed by atoms with Crippen LogP contribution in [0.25, 0.3) is 5.57 Å². The van der Waals surface area contributed by atoms with Crippen LogP contribution >= 0.6 is 0 Å². The Hall–Kier alpha value is -1.08. The van der Waals surface area contributed by atoms with Crippen molar-refractivity contribution in [3.05, 3.63) is 52.2 Å². The summed E-state index contributed by atoms with van der Waals surface area (Å²) in [6.07, 6.45) is 7.42. The molecule has 0 aliphatic heterocycles. The fraction of sp³-hybridized carbons (Fsp3) is 0.412. The van der Waals surface area contributed by atoms with Crippen molar-refractivity contribution in [3.8, 4) is 0 Å². The predicted molar refractivity (Wildman–Crippen MR) is 84.8 cm³/mol. The molecule has 1 aliphatic rings. The lowest BCUT2D eigenvalue weighted by Crippen LogP contribution is -1.91. The van der Waals surface area contributed by atoms with E-state index < -0.39 is 0 Å². The molecule has 18 heavy (non-hydrogen) atoms. The zero-order chi connectivity index (χ0) is 13.0. The van der Waals surface area contributed by atoms with E-state index in [0.717, 1.165) is 0 Å². The van der Waals surface area contributed by atoms with Gasteiger partial charge in [-0.15, -0.1) is 0 Å². The number of aryl methyl sites for hydroxylation is 1. The first-order valence-corrected chi connectivity index (χ1v) is 9.36. The first-order valence-electron chi connectivity index (χ1n) is 7.24. The summed E-state index contributed by atoms with van der Waals surface area (Å²) in [5, 5.41) is 1.74. The molecular formula is C17H24Si. The molecule has 1 aliphatic carbocycles. The van der Waals surface area contributed by atoms with Crippen molar-refractivity contribution >= 4 is 15.1 Å². The molecule has 0 bridgehead atoms. The van der Waals surface area contributed by atoms with E-state index in [0.29, 0.717) is 0 Å². The SMILES string of the molecule is CCCCc1ccc(C2=CCC([SiH2]C)=C2C)cc1. The molecule has 1 aromatic carbocycles. The Labute approximate surface area is 114 Å². The highest BCUT2D eigenvalue weighted by molar-refractivity contribution is 6.44. The second kappa shape index (κ2) is 6.19. The highest BCUT2D eigenvalue weighted by Gasteiger charge is 2.13. The molecule has 0 spiro atoms. The van der Waals surface area contributed by atoms with Crippen LogP contribution in [0.2, 0.25) is 6.55 Å². The lowest BCUT2D eigenvalue weighted by molar-refractivity contribution is 0.795. The molecule has 0 fully saturated rings. The minimum Gasteiger partial charge on any atom is -0.0810 e. The van der Waals surface area contributed by atoms with Crippen molar-refractivity contribution in [1.82, 2.24) is 0 Å². The number of benzene rings is 1. The van der Waals surface area contributed by atoms with Gasteiger partial charge in [0.2, 0.25) is 0 Å². The van der Waals surface area contributed by atoms with Crippen molar-refractivity contribution in [2.24, 2.45) is 0 Å². The van der Waals surface area contributed by atoms with Crippen LogP contribution in [-0.2, 0) is 6.42 Å². The van der Waals surface area contributed by atoms with E-state index in [9.17, 15) is 0 Å². The molecule has 0 nitrogen and oxygen atoms in total. The van der Waals surface area contributed by atoms with E-state index in [1.165, 1.54) is 42.4 Å². The Morgan fingerprint density at radius 1 is 1.17 bits per heavy atom. The van der Waals surface area contributed by atoms with Gasteiger partial charge < -0.3 is 0 Å². The van der Waals surface area contributed by atoms with Gasteiger partial charge in [0, 0.05) is 9.52 Å². The van der Waals surface area contributed by atoms with Gasteiger partial charge in [0.05, 0.1) is 0 Å². The number of hydrogen-bond acceptors (Lipinski definition) is 0. The largest absolute Gasteiger partial charge is 0.0810 e. The van der Waals surface area contributed by atoms with E-state index in [1.807, 2.05) is 0 Å². The summed E-state index contributed by atoms with van der Waals surface area (Å²) in [6, 6.07) is 9.22. The molecule has 0 amide bonds. The molecule has 0 N–H and O–H groups in total. The van der Waals surface area contributed by atoms with Gasteiger partial charge >= 0.3 is 0 Å². The van der Waals surface area contributed by atoms with Crippen LogP contribution in [0.15, 0.2) is 41.1 Å². The maximum absolute atomic E-state index is 2.42. The lowest BCUT2D eigenvalue weighted by atomic mass is 9.99. The Morgan fingerprint density at radius 2 is 1.89 bits per heavy atom. The van der Waals surface area contributed by atoms with Crippen molar-refractivity contribution in [2.45, 2.75) is 46.1 Å². The fourth-order valence-electron chi connectivity index (χ4n) is 2.70. The fourth-order valence-corrected chi connectivity index (χ4v) is 3.85. The normalized spacial score (nSPS) is 15.8. The van der Waals surface area contributed by atoms with Crippen molar-refractivity contribution < 1.29 is 0 Å². The Morgan fingerprint density at radius 3 is 2.44 bits per heavy atom. The minimum atomic E-state index is 0.0147. The maximum atomic E-state index is 2.42. The molecule has 1 heteroatoms. The van der Waals surface area contributed by atoms with Crippen LogP contribution < -0.4 is 0 Å². The van der Waals surface area contributed by atoms with Crippen molar-refractivity contribution in [1.29, 1.82) is 0 Å². The zero-order valence-electron chi connectivity index (χ0n) is 11.9. The average molecular weight is 256 g/mol. The first kappa shape index (κ1) is 13.4. The van der Waals surface area contributed by atoms with E-state index in [4.69, 9.17) is 0 Å². The van der Waals surface area contributed by atoms with E-state index in [2.05, 4.69) is 50.7 Å². The van der Waals surface area contributed by atoms with Gasteiger partial charge in [-0.1, -0.05) is 55.4 Å². The summed E-state index contributed by atoms with van der Waals surface area (Å²) in [6.45, 7) is 6.95. The molecule has 0 unspecified atom stereocenters. The predicted octanol–water partition coefficient (Wildman–Crippen LogP) is 4.31. The first-order chi connectivity index (χ1) is 8.76. The number of rotatable bonds is 5. The van der Waals surface area contributed by atoms with Crippen LogP contribution in [0.5, 0.6) is 0 Å². The van der Waals surface area contributed by atoms with E-state index in [1.54, 1.807) is 10.8 Å². The number of hydrogen-bond donors (Lipinski definition) is 0. The summed E-state index contributed by atoms with van der Waals surface area (Å²) in [4.78, 5) is 0. The van der Waals surface area contributed by atoms with Gasteiger partial charge in [0.25, 0.3) is 0 Å². The average Bonchev–Trinajstić information content (AvgIpc) is 2.78. The molecule has 96 valence electrons. The summed E-state index contributed by atoms with van der Waals surface area (Å²) >= 11 is 0. The number of unbranched alkanes of at least 4 members (excludes halogenated alkanes) is 1. The van der Waals surface area contributed by atoms with Gasteiger partial charge in [0.1, 0.15) is 0 Å². The summed E-state index contributed by atoms with van der Waals surface area (Å²) in [5.41, 5.74) is 5.93. The number of allylic oxidation sites excluding steroid dienone is 4. The van der Waals surface area contributed by atoms with Gasteiger partial charge in [-0.2, -0.15) is 0 Å². The van der Waals surface area contributed by atoms with Crippen LogP contribution in [0.4, 0.5) is 0 Å². The van der Waals surface area contributed by atoms with Crippen LogP contribution in [0.1, 0.15) is 44.2 Å². The van der Waals surface area contributed by atoms with Gasteiger partial charge in [-0.3, -0.25) is 0 Å². The third kappa shape index (κ3) is 2.84. The smallest absolute Gasteiger partial charge is 0.0473 e. The zero-order valence-corrected chi connectivity index (χ0v) is 13.3. The Kier molecular flexibility index (Phi) is 4.59. The maximum Gasteiger partial charge on any atom is 0.0473 e. The van der Waals surface area contributed by atoms with Gasteiger partial charge in [-0.25, -0.2) is 0 Å². The van der Waals surface area contributed by atoms with Crippen LogP contribution in [0.3, 0.4) is 0 Å².